The van der Waals surface area contributed by atoms with Crippen LogP contribution in [0.5, 0.6) is 0 Å². The second kappa shape index (κ2) is 12.0. The largest absolute Gasteiger partial charge is 0.356 e. The number of fused-ring (bicyclic) bond motifs is 1. The van der Waals surface area contributed by atoms with Crippen LogP contribution in [0.4, 0.5) is 0 Å². The molecule has 3 aromatic rings. The summed E-state index contributed by atoms with van der Waals surface area (Å²) in [5, 5.41) is 6.33. The summed E-state index contributed by atoms with van der Waals surface area (Å²) in [5.74, 6) is 0.216. The minimum Gasteiger partial charge on any atom is -0.356 e. The number of carbonyl (C=O) groups excluding carboxylic acids is 2. The van der Waals surface area contributed by atoms with Crippen molar-refractivity contribution in [2.75, 3.05) is 6.54 Å². The summed E-state index contributed by atoms with van der Waals surface area (Å²) in [6.07, 6.45) is 6.40. The second-order valence-corrected chi connectivity index (χ2v) is 10.3. The third-order valence-electron chi connectivity index (χ3n) is 6.93. The lowest BCUT2D eigenvalue weighted by molar-refractivity contribution is -0.122. The molecule has 1 fully saturated rings. The number of hydrogen-bond acceptors (Lipinski definition) is 4. The van der Waals surface area contributed by atoms with E-state index in [-0.39, 0.29) is 30.8 Å². The highest BCUT2D eigenvalue weighted by Gasteiger charge is 2.19. The highest BCUT2D eigenvalue weighted by molar-refractivity contribution is 5.82. The Bertz CT molecular complexity index is 1370. The second-order valence-electron chi connectivity index (χ2n) is 10.3. The maximum absolute atomic E-state index is 13.5. The average Bonchev–Trinajstić information content (AvgIpc) is 2.88. The molecule has 8 nitrogen and oxygen atoms in total. The first-order valence-electron chi connectivity index (χ1n) is 13.2. The lowest BCUT2D eigenvalue weighted by Gasteiger charge is -2.23. The first-order valence-corrected chi connectivity index (χ1v) is 13.2. The number of nitrogens with zero attached hydrogens (tertiary/aromatic N) is 2. The molecule has 1 saturated carbocycles. The Kier molecular flexibility index (Phi) is 8.58. The van der Waals surface area contributed by atoms with E-state index in [1.54, 1.807) is 48.5 Å². The molecule has 1 aromatic heterocycles. The van der Waals surface area contributed by atoms with Crippen LogP contribution in [0, 0.1) is 5.92 Å². The summed E-state index contributed by atoms with van der Waals surface area (Å²) in [6.45, 7) is 4.69. The van der Waals surface area contributed by atoms with Crippen molar-refractivity contribution >= 4 is 22.7 Å². The van der Waals surface area contributed by atoms with Gasteiger partial charge in [-0.15, -0.1) is 0 Å². The van der Waals surface area contributed by atoms with Crippen LogP contribution in [0.15, 0.2) is 58.1 Å². The zero-order valence-electron chi connectivity index (χ0n) is 21.7. The minimum absolute atomic E-state index is 0.0670. The zero-order valence-corrected chi connectivity index (χ0v) is 21.7. The van der Waals surface area contributed by atoms with E-state index in [2.05, 4.69) is 24.5 Å². The molecule has 1 aliphatic rings. The molecule has 0 spiro atoms. The van der Waals surface area contributed by atoms with Gasteiger partial charge >= 0.3 is 5.69 Å². The summed E-state index contributed by atoms with van der Waals surface area (Å²) >= 11 is 0. The Hall–Kier alpha value is -3.68. The van der Waals surface area contributed by atoms with E-state index in [1.807, 2.05) is 0 Å². The van der Waals surface area contributed by atoms with Gasteiger partial charge in [0.25, 0.3) is 5.56 Å². The van der Waals surface area contributed by atoms with Gasteiger partial charge in [0.05, 0.1) is 23.0 Å². The molecule has 2 N–H and O–H groups in total. The molecule has 0 bridgehead atoms. The fourth-order valence-electron chi connectivity index (χ4n) is 4.88. The molecular formula is C29H36N4O4. The zero-order chi connectivity index (χ0) is 26.4. The maximum atomic E-state index is 13.5. The molecule has 0 aliphatic heterocycles. The highest BCUT2D eigenvalue weighted by atomic mass is 16.2. The van der Waals surface area contributed by atoms with Crippen LogP contribution in [0.3, 0.4) is 0 Å². The topological polar surface area (TPSA) is 102 Å². The van der Waals surface area contributed by atoms with E-state index in [4.69, 9.17) is 0 Å². The molecule has 0 unspecified atom stereocenters. The summed E-state index contributed by atoms with van der Waals surface area (Å²) < 4.78 is 2.47. The lowest BCUT2D eigenvalue weighted by Crippen LogP contribution is -2.44. The highest BCUT2D eigenvalue weighted by Crippen LogP contribution is 2.17. The monoisotopic (exact) mass is 504 g/mol. The fourth-order valence-corrected chi connectivity index (χ4v) is 4.88. The van der Waals surface area contributed by atoms with Crippen molar-refractivity contribution in [3.63, 3.8) is 0 Å². The molecule has 0 saturated heterocycles. The number of rotatable bonds is 9. The predicted octanol–water partition coefficient (Wildman–Crippen LogP) is 3.31. The Morgan fingerprint density at radius 3 is 2.35 bits per heavy atom. The number of carbonyl (C=O) groups is 2. The number of aromatic nitrogens is 2. The van der Waals surface area contributed by atoms with Crippen LogP contribution in [-0.2, 0) is 22.6 Å². The van der Waals surface area contributed by atoms with E-state index in [0.717, 1.165) is 42.2 Å². The molecule has 2 aromatic carbocycles. The summed E-state index contributed by atoms with van der Waals surface area (Å²) in [5.41, 5.74) is 0.602. The molecule has 196 valence electrons. The van der Waals surface area contributed by atoms with Crippen LogP contribution in [0.25, 0.3) is 16.6 Å². The lowest BCUT2D eigenvalue weighted by atomic mass is 9.95. The van der Waals surface area contributed by atoms with Gasteiger partial charge in [0, 0.05) is 12.6 Å². The van der Waals surface area contributed by atoms with Gasteiger partial charge in [-0.25, -0.2) is 9.36 Å². The summed E-state index contributed by atoms with van der Waals surface area (Å²) in [6, 6.07) is 13.8. The van der Waals surface area contributed by atoms with E-state index >= 15 is 0 Å². The van der Waals surface area contributed by atoms with Crippen LogP contribution in [-0.4, -0.2) is 33.5 Å². The number of nitrogens with one attached hydrogen (secondary N) is 2. The van der Waals surface area contributed by atoms with Crippen molar-refractivity contribution in [2.24, 2.45) is 5.92 Å². The normalized spacial score (nSPS) is 14.1. The van der Waals surface area contributed by atoms with Gasteiger partial charge in [0.2, 0.25) is 11.8 Å². The van der Waals surface area contributed by atoms with Crippen molar-refractivity contribution in [3.05, 3.63) is 74.9 Å². The smallest absolute Gasteiger partial charge is 0.336 e. The fraction of sp³-hybridized carbons (Fsp3) is 0.448. The summed E-state index contributed by atoms with van der Waals surface area (Å²) in [7, 11) is 0. The van der Waals surface area contributed by atoms with Crippen molar-refractivity contribution in [1.29, 1.82) is 0 Å². The van der Waals surface area contributed by atoms with Crippen molar-refractivity contribution in [1.82, 2.24) is 19.8 Å². The first-order chi connectivity index (χ1) is 17.8. The Labute approximate surface area is 216 Å². The Morgan fingerprint density at radius 2 is 1.65 bits per heavy atom. The van der Waals surface area contributed by atoms with E-state index in [9.17, 15) is 19.2 Å². The summed E-state index contributed by atoms with van der Waals surface area (Å²) in [4.78, 5) is 52.0. The standard InChI is InChI=1S/C29H36N4O4/c1-20(2)16-17-30-26(34)18-21-12-14-23(15-13-21)33-28(36)24-10-6-7-11-25(24)32(29(33)37)19-27(35)31-22-8-4-3-5-9-22/h6-7,10-15,20,22H,3-5,8-9,16-19H2,1-2H3,(H,30,34)(H,31,35). The average molecular weight is 505 g/mol. The van der Waals surface area contributed by atoms with Crippen LogP contribution >= 0.6 is 0 Å². The molecule has 0 atom stereocenters. The van der Waals surface area contributed by atoms with E-state index < -0.39 is 11.2 Å². The van der Waals surface area contributed by atoms with Gasteiger partial charge in [0.15, 0.2) is 0 Å². The number of amides is 2. The first kappa shape index (κ1) is 26.4. The molecule has 0 radical (unpaired) electrons. The van der Waals surface area contributed by atoms with Crippen LogP contribution in [0.1, 0.15) is 57.9 Å². The van der Waals surface area contributed by atoms with Crippen LogP contribution in [0.2, 0.25) is 0 Å². The molecular weight excluding hydrogens is 468 g/mol. The van der Waals surface area contributed by atoms with Gasteiger partial charge in [-0.05, 0) is 55.0 Å². The molecule has 1 aliphatic carbocycles. The minimum atomic E-state index is -0.568. The van der Waals surface area contributed by atoms with Gasteiger partial charge in [-0.3, -0.25) is 19.0 Å². The Morgan fingerprint density at radius 1 is 0.946 bits per heavy atom. The molecule has 1 heterocycles. The number of hydrogen-bond donors (Lipinski definition) is 2. The Balaban J connectivity index is 1.59. The maximum Gasteiger partial charge on any atom is 0.336 e. The third kappa shape index (κ3) is 6.56. The van der Waals surface area contributed by atoms with Crippen molar-refractivity contribution < 1.29 is 9.59 Å². The molecule has 2 amide bonds. The number of para-hydroxylation sites is 1. The van der Waals surface area contributed by atoms with Crippen molar-refractivity contribution in [3.8, 4) is 5.69 Å². The van der Waals surface area contributed by atoms with E-state index in [0.29, 0.717) is 29.1 Å². The van der Waals surface area contributed by atoms with Crippen molar-refractivity contribution in [2.45, 2.75) is 71.4 Å². The van der Waals surface area contributed by atoms with Crippen LogP contribution < -0.4 is 21.9 Å². The van der Waals surface area contributed by atoms with Gasteiger partial charge in [0.1, 0.15) is 6.54 Å². The molecule has 8 heteroatoms. The molecule has 37 heavy (non-hydrogen) atoms. The van der Waals surface area contributed by atoms with Gasteiger partial charge in [-0.2, -0.15) is 0 Å². The van der Waals surface area contributed by atoms with Gasteiger partial charge < -0.3 is 10.6 Å². The SMILES string of the molecule is CC(C)CCNC(=O)Cc1ccc(-n2c(=O)c3ccccc3n(CC(=O)NC3CCCCC3)c2=O)cc1. The van der Waals surface area contributed by atoms with E-state index in [1.165, 1.54) is 11.0 Å². The molecule has 4 rings (SSSR count). The quantitative estimate of drug-likeness (QED) is 0.467. The third-order valence-corrected chi connectivity index (χ3v) is 6.93. The number of benzene rings is 2. The predicted molar refractivity (Wildman–Crippen MR) is 145 cm³/mol. The van der Waals surface area contributed by atoms with Gasteiger partial charge in [-0.1, -0.05) is 57.4 Å².